The first kappa shape index (κ1) is 22.9. The minimum Gasteiger partial charge on any atom is -0.453 e. The quantitative estimate of drug-likeness (QED) is 0.569. The molecule has 0 aliphatic carbocycles. The Morgan fingerprint density at radius 2 is 1.44 bits per heavy atom. The van der Waals surface area contributed by atoms with Crippen molar-refractivity contribution in [1.82, 2.24) is 16.0 Å². The van der Waals surface area contributed by atoms with Crippen LogP contribution in [0.3, 0.4) is 0 Å². The standard InChI is InChI=1S/C17H31N3O5/c1-9(2)8-13(12(6)21)19-15(22)11(5)18-16(23)14(10(3)4)20-17(24)25-7/h9-11,13-14H,8H2,1-7H3,(H,18,23)(H,19,22)(H,20,24)/t11-,13-,14-/m0/s1. The number of amides is 3. The summed E-state index contributed by atoms with van der Waals surface area (Å²) in [6.07, 6.45) is -0.195. The van der Waals surface area contributed by atoms with E-state index < -0.39 is 36.0 Å². The van der Waals surface area contributed by atoms with E-state index in [2.05, 4.69) is 20.7 Å². The number of ether oxygens (including phenoxy) is 1. The summed E-state index contributed by atoms with van der Waals surface area (Å²) in [5.41, 5.74) is 0. The molecule has 144 valence electrons. The Morgan fingerprint density at radius 1 is 0.880 bits per heavy atom. The summed E-state index contributed by atoms with van der Waals surface area (Å²) in [5.74, 6) is -1.03. The maximum absolute atomic E-state index is 12.3. The maximum Gasteiger partial charge on any atom is 0.407 e. The van der Waals surface area contributed by atoms with Gasteiger partial charge >= 0.3 is 6.09 Å². The third-order valence-corrected chi connectivity index (χ3v) is 3.67. The summed E-state index contributed by atoms with van der Waals surface area (Å²) < 4.78 is 4.50. The van der Waals surface area contributed by atoms with Crippen LogP contribution in [0.15, 0.2) is 0 Å². The monoisotopic (exact) mass is 357 g/mol. The highest BCUT2D eigenvalue weighted by atomic mass is 16.5. The molecule has 8 nitrogen and oxygen atoms in total. The molecule has 0 saturated heterocycles. The van der Waals surface area contributed by atoms with Gasteiger partial charge in [-0.15, -0.1) is 0 Å². The van der Waals surface area contributed by atoms with Crippen molar-refractivity contribution >= 4 is 23.7 Å². The number of rotatable bonds is 9. The van der Waals surface area contributed by atoms with Crippen molar-refractivity contribution in [2.45, 2.75) is 66.1 Å². The molecule has 0 radical (unpaired) electrons. The highest BCUT2D eigenvalue weighted by molar-refractivity contribution is 5.93. The van der Waals surface area contributed by atoms with Crippen LogP contribution in [-0.4, -0.2) is 48.9 Å². The predicted molar refractivity (Wildman–Crippen MR) is 93.8 cm³/mol. The van der Waals surface area contributed by atoms with Crippen LogP contribution >= 0.6 is 0 Å². The fraction of sp³-hybridized carbons (Fsp3) is 0.765. The summed E-state index contributed by atoms with van der Waals surface area (Å²) in [5, 5.41) is 7.65. The van der Waals surface area contributed by atoms with Crippen LogP contribution in [-0.2, 0) is 19.1 Å². The third-order valence-electron chi connectivity index (χ3n) is 3.67. The zero-order valence-electron chi connectivity index (χ0n) is 16.1. The maximum atomic E-state index is 12.3. The van der Waals surface area contributed by atoms with Gasteiger partial charge in [0, 0.05) is 0 Å². The van der Waals surface area contributed by atoms with Gasteiger partial charge in [-0.1, -0.05) is 27.7 Å². The molecule has 3 amide bonds. The molecule has 0 rings (SSSR count). The summed E-state index contributed by atoms with van der Waals surface area (Å²) in [4.78, 5) is 47.6. The minimum atomic E-state index is -0.845. The minimum absolute atomic E-state index is 0.131. The average molecular weight is 357 g/mol. The molecule has 0 aromatic heterocycles. The van der Waals surface area contributed by atoms with E-state index in [9.17, 15) is 19.2 Å². The molecule has 0 bridgehead atoms. The highest BCUT2D eigenvalue weighted by Crippen LogP contribution is 2.07. The van der Waals surface area contributed by atoms with Crippen molar-refractivity contribution in [3.8, 4) is 0 Å². The fourth-order valence-corrected chi connectivity index (χ4v) is 2.18. The van der Waals surface area contributed by atoms with Crippen LogP contribution < -0.4 is 16.0 Å². The molecule has 0 fully saturated rings. The van der Waals surface area contributed by atoms with E-state index in [4.69, 9.17) is 0 Å². The number of carbonyl (C=O) groups is 4. The van der Waals surface area contributed by atoms with Gasteiger partial charge in [-0.2, -0.15) is 0 Å². The van der Waals surface area contributed by atoms with E-state index in [1.807, 2.05) is 13.8 Å². The van der Waals surface area contributed by atoms with E-state index in [-0.39, 0.29) is 17.6 Å². The van der Waals surface area contributed by atoms with Crippen molar-refractivity contribution in [2.24, 2.45) is 11.8 Å². The topological polar surface area (TPSA) is 114 Å². The van der Waals surface area contributed by atoms with Gasteiger partial charge in [-0.25, -0.2) is 4.79 Å². The second-order valence-corrected chi connectivity index (χ2v) is 6.89. The second kappa shape index (κ2) is 10.7. The summed E-state index contributed by atoms with van der Waals surface area (Å²) in [7, 11) is 1.21. The third kappa shape index (κ3) is 8.51. The van der Waals surface area contributed by atoms with Crippen LogP contribution in [0.5, 0.6) is 0 Å². The first-order valence-corrected chi connectivity index (χ1v) is 8.45. The van der Waals surface area contributed by atoms with Crippen molar-refractivity contribution in [2.75, 3.05) is 7.11 Å². The number of nitrogens with one attached hydrogen (secondary N) is 3. The molecule has 0 spiro atoms. The van der Waals surface area contributed by atoms with Crippen molar-refractivity contribution in [1.29, 1.82) is 0 Å². The van der Waals surface area contributed by atoms with Crippen molar-refractivity contribution in [3.05, 3.63) is 0 Å². The van der Waals surface area contributed by atoms with E-state index in [1.54, 1.807) is 13.8 Å². The Morgan fingerprint density at radius 3 is 1.84 bits per heavy atom. The first-order chi connectivity index (χ1) is 11.5. The lowest BCUT2D eigenvalue weighted by molar-refractivity contribution is -0.131. The number of Topliss-reactive ketones (excluding diaryl/α,β-unsaturated/α-hetero) is 1. The molecule has 0 aromatic rings. The summed E-state index contributed by atoms with van der Waals surface area (Å²) in [6.45, 7) is 10.4. The van der Waals surface area contributed by atoms with Crippen LogP contribution in [0, 0.1) is 11.8 Å². The lowest BCUT2D eigenvalue weighted by atomic mass is 10.0. The van der Waals surface area contributed by atoms with Gasteiger partial charge in [-0.3, -0.25) is 14.4 Å². The molecule has 0 unspecified atom stereocenters. The van der Waals surface area contributed by atoms with Gasteiger partial charge in [0.2, 0.25) is 11.8 Å². The molecule has 0 aromatic carbocycles. The number of alkyl carbamates (subject to hydrolysis) is 1. The smallest absolute Gasteiger partial charge is 0.407 e. The van der Waals surface area contributed by atoms with Crippen LogP contribution in [0.4, 0.5) is 4.79 Å². The zero-order chi connectivity index (χ0) is 19.7. The fourth-order valence-electron chi connectivity index (χ4n) is 2.18. The molecule has 0 saturated carbocycles. The largest absolute Gasteiger partial charge is 0.453 e. The normalized spacial score (nSPS) is 14.4. The lowest BCUT2D eigenvalue weighted by Gasteiger charge is -2.24. The summed E-state index contributed by atoms with van der Waals surface area (Å²) >= 11 is 0. The van der Waals surface area contributed by atoms with E-state index in [0.29, 0.717) is 6.42 Å². The van der Waals surface area contributed by atoms with E-state index in [0.717, 1.165) is 0 Å². The zero-order valence-corrected chi connectivity index (χ0v) is 16.1. The SMILES string of the molecule is COC(=O)N[C@H](C(=O)N[C@@H](C)C(=O)N[C@@H](CC(C)C)C(C)=O)C(C)C. The van der Waals surface area contributed by atoms with Crippen molar-refractivity contribution in [3.63, 3.8) is 0 Å². The van der Waals surface area contributed by atoms with Gasteiger partial charge in [-0.05, 0) is 32.1 Å². The predicted octanol–water partition coefficient (Wildman–Crippen LogP) is 0.992. The van der Waals surface area contributed by atoms with Gasteiger partial charge in [0.1, 0.15) is 12.1 Å². The molecule has 0 aliphatic rings. The molecule has 8 heteroatoms. The number of hydrogen-bond acceptors (Lipinski definition) is 5. The van der Waals surface area contributed by atoms with Gasteiger partial charge < -0.3 is 20.7 Å². The molecule has 3 atom stereocenters. The van der Waals surface area contributed by atoms with Crippen LogP contribution in [0.1, 0.15) is 48.0 Å². The highest BCUT2D eigenvalue weighted by Gasteiger charge is 2.28. The Balaban J connectivity index is 4.84. The molecule has 0 heterocycles. The van der Waals surface area contributed by atoms with Crippen LogP contribution in [0.2, 0.25) is 0 Å². The molecular weight excluding hydrogens is 326 g/mol. The number of methoxy groups -OCH3 is 1. The second-order valence-electron chi connectivity index (χ2n) is 6.89. The average Bonchev–Trinajstić information content (AvgIpc) is 2.50. The van der Waals surface area contributed by atoms with Gasteiger partial charge in [0.15, 0.2) is 5.78 Å². The van der Waals surface area contributed by atoms with E-state index >= 15 is 0 Å². The molecule has 3 N–H and O–H groups in total. The molecule has 25 heavy (non-hydrogen) atoms. The van der Waals surface area contributed by atoms with Crippen LogP contribution in [0.25, 0.3) is 0 Å². The first-order valence-electron chi connectivity index (χ1n) is 8.45. The molecular formula is C17H31N3O5. The summed E-state index contributed by atoms with van der Waals surface area (Å²) in [6, 6.07) is -2.26. The van der Waals surface area contributed by atoms with Gasteiger partial charge in [0.25, 0.3) is 0 Å². The Labute approximate surface area is 149 Å². The van der Waals surface area contributed by atoms with Crippen molar-refractivity contribution < 1.29 is 23.9 Å². The Kier molecular flexibility index (Phi) is 9.78. The number of hydrogen-bond donors (Lipinski definition) is 3. The Hall–Kier alpha value is -2.12. The molecule has 0 aliphatic heterocycles. The Bertz CT molecular complexity index is 491. The number of carbonyl (C=O) groups excluding carboxylic acids is 4. The van der Waals surface area contributed by atoms with E-state index in [1.165, 1.54) is 21.0 Å². The number of ketones is 1. The lowest BCUT2D eigenvalue weighted by Crippen LogP contribution is -2.56. The van der Waals surface area contributed by atoms with Gasteiger partial charge in [0.05, 0.1) is 13.2 Å².